The van der Waals surface area contributed by atoms with Crippen LogP contribution in [0, 0.1) is 9.49 Å². The zero-order valence-corrected chi connectivity index (χ0v) is 22.2. The predicted molar refractivity (Wildman–Crippen MR) is 143 cm³/mol. The first kappa shape index (κ1) is 22.7. The van der Waals surface area contributed by atoms with Crippen molar-refractivity contribution in [3.05, 3.63) is 60.3 Å². The van der Waals surface area contributed by atoms with E-state index in [9.17, 15) is 4.79 Å². The van der Waals surface area contributed by atoms with Crippen LogP contribution >= 0.6 is 33.9 Å². The molecule has 1 aliphatic heterocycles. The molecule has 0 amide bonds. The molecule has 0 bridgehead atoms. The number of ether oxygens (including phenoxy) is 4. The van der Waals surface area contributed by atoms with E-state index in [1.807, 2.05) is 30.3 Å². The second kappa shape index (κ2) is 9.02. The van der Waals surface area contributed by atoms with Gasteiger partial charge in [-0.2, -0.15) is 0 Å². The molecule has 0 saturated carbocycles. The van der Waals surface area contributed by atoms with Crippen molar-refractivity contribution in [2.24, 2.45) is 5.92 Å². The molecule has 4 aromatic rings. The summed E-state index contributed by atoms with van der Waals surface area (Å²) < 4.78 is 23.5. The van der Waals surface area contributed by atoms with Crippen LogP contribution in [-0.2, 0) is 19.4 Å². The number of nitrogens with one attached hydrogen (secondary N) is 1. The summed E-state index contributed by atoms with van der Waals surface area (Å²) >= 11 is 3.88. The number of hydrogen-bond donors (Lipinski definition) is 1. The fraction of sp³-hybridized carbons (Fsp3) is 0.308. The van der Waals surface area contributed by atoms with E-state index in [1.54, 1.807) is 18.4 Å². The van der Waals surface area contributed by atoms with E-state index in [0.29, 0.717) is 29.8 Å². The van der Waals surface area contributed by atoms with Crippen molar-refractivity contribution < 1.29 is 18.9 Å². The van der Waals surface area contributed by atoms with E-state index < -0.39 is 0 Å². The van der Waals surface area contributed by atoms with Crippen molar-refractivity contribution in [2.45, 2.75) is 32.8 Å². The van der Waals surface area contributed by atoms with Gasteiger partial charge in [0, 0.05) is 10.4 Å². The first-order chi connectivity index (χ1) is 17.0. The first-order valence-corrected chi connectivity index (χ1v) is 13.3. The number of nitrogens with zero attached hydrogens (tertiary/aromatic N) is 1. The van der Waals surface area contributed by atoms with Gasteiger partial charge >= 0.3 is 0 Å². The topological polar surface area (TPSA) is 82.7 Å². The first-order valence-electron chi connectivity index (χ1n) is 11.4. The maximum absolute atomic E-state index is 13.1. The Kier molecular flexibility index (Phi) is 5.84. The third-order valence-corrected chi connectivity index (χ3v) is 8.44. The predicted octanol–water partition coefficient (Wildman–Crippen LogP) is 5.70. The Bertz CT molecular complexity index is 1510. The van der Waals surface area contributed by atoms with E-state index in [0.717, 1.165) is 55.7 Å². The molecule has 1 N–H and O–H groups in total. The highest BCUT2D eigenvalue weighted by molar-refractivity contribution is 14.1. The second-order valence-corrected chi connectivity index (χ2v) is 11.2. The molecule has 1 aliphatic carbocycles. The molecule has 1 atom stereocenters. The Labute approximate surface area is 219 Å². The van der Waals surface area contributed by atoms with Gasteiger partial charge in [0.05, 0.1) is 16.1 Å². The normalized spacial score (nSPS) is 16.4. The number of methoxy groups -OCH3 is 1. The summed E-state index contributed by atoms with van der Waals surface area (Å²) in [6.45, 7) is 2.85. The zero-order chi connectivity index (χ0) is 24.1. The number of thiophene rings is 1. The van der Waals surface area contributed by atoms with Crippen molar-refractivity contribution in [3.63, 3.8) is 0 Å². The molecule has 35 heavy (non-hydrogen) atoms. The lowest BCUT2D eigenvalue weighted by molar-refractivity contribution is 0.174. The number of aryl methyl sites for hydroxylation is 1. The summed E-state index contributed by atoms with van der Waals surface area (Å²) in [4.78, 5) is 23.0. The summed E-state index contributed by atoms with van der Waals surface area (Å²) in [6.07, 6.45) is 3.08. The fourth-order valence-electron chi connectivity index (χ4n) is 4.67. The van der Waals surface area contributed by atoms with E-state index in [1.165, 1.54) is 10.4 Å². The Morgan fingerprint density at radius 1 is 1.23 bits per heavy atom. The Balaban J connectivity index is 1.32. The maximum atomic E-state index is 13.1. The monoisotopic (exact) mass is 602 g/mol. The lowest BCUT2D eigenvalue weighted by Gasteiger charge is -2.17. The minimum atomic E-state index is -0.0748. The van der Waals surface area contributed by atoms with E-state index in [4.69, 9.17) is 23.9 Å². The molecular formula is C26H23IN2O5S. The van der Waals surface area contributed by atoms with Gasteiger partial charge < -0.3 is 23.9 Å². The molecular weight excluding hydrogens is 579 g/mol. The van der Waals surface area contributed by atoms with Gasteiger partial charge in [-0.05, 0) is 83.2 Å². The van der Waals surface area contributed by atoms with Gasteiger partial charge in [0.1, 0.15) is 17.3 Å². The smallest absolute Gasteiger partial charge is 0.260 e. The van der Waals surface area contributed by atoms with Crippen LogP contribution in [-0.4, -0.2) is 23.9 Å². The fourth-order valence-corrected chi connectivity index (χ4v) is 6.81. The van der Waals surface area contributed by atoms with Gasteiger partial charge in [0.2, 0.25) is 6.79 Å². The van der Waals surface area contributed by atoms with Crippen LogP contribution in [0.5, 0.6) is 23.0 Å². The molecule has 3 heterocycles. The van der Waals surface area contributed by atoms with Crippen LogP contribution < -0.4 is 24.5 Å². The van der Waals surface area contributed by atoms with Gasteiger partial charge in [-0.3, -0.25) is 4.79 Å². The number of rotatable bonds is 5. The van der Waals surface area contributed by atoms with Crippen LogP contribution in [0.3, 0.4) is 0 Å². The second-order valence-electron chi connectivity index (χ2n) is 8.91. The Hall–Kier alpha value is -2.79. The lowest BCUT2D eigenvalue weighted by Crippen LogP contribution is -2.13. The van der Waals surface area contributed by atoms with E-state index in [2.05, 4.69) is 34.5 Å². The zero-order valence-electron chi connectivity index (χ0n) is 19.3. The number of hydrogen-bond acceptors (Lipinski definition) is 7. The highest BCUT2D eigenvalue weighted by Gasteiger charge is 2.24. The summed E-state index contributed by atoms with van der Waals surface area (Å²) in [5, 5.41) is 0.756. The van der Waals surface area contributed by atoms with Crippen molar-refractivity contribution >= 4 is 44.1 Å². The van der Waals surface area contributed by atoms with E-state index in [-0.39, 0.29) is 12.4 Å². The molecule has 7 nitrogen and oxygen atoms in total. The van der Waals surface area contributed by atoms with Gasteiger partial charge in [-0.15, -0.1) is 11.3 Å². The molecule has 0 spiro atoms. The molecule has 180 valence electrons. The molecule has 6 rings (SSSR count). The number of fused-ring (bicyclic) bond motifs is 4. The quantitative estimate of drug-likeness (QED) is 0.296. The van der Waals surface area contributed by atoms with Crippen LogP contribution in [0.25, 0.3) is 21.6 Å². The van der Waals surface area contributed by atoms with E-state index >= 15 is 0 Å². The van der Waals surface area contributed by atoms with Crippen LogP contribution in [0.15, 0.2) is 35.1 Å². The molecule has 0 saturated heterocycles. The van der Waals surface area contributed by atoms with Crippen LogP contribution in [0.4, 0.5) is 0 Å². The molecule has 0 radical (unpaired) electrons. The summed E-state index contributed by atoms with van der Waals surface area (Å²) in [5.41, 5.74) is 2.85. The molecule has 9 heteroatoms. The minimum absolute atomic E-state index is 0.0748. The SMILES string of the molecule is COc1cc(-c2nc3sc4c(c3c(=O)[nH]2)CCC(C)C4)cc(I)c1OCc1ccc2c(c1)OCO2. The summed E-state index contributed by atoms with van der Waals surface area (Å²) in [5.74, 6) is 3.86. The summed E-state index contributed by atoms with van der Waals surface area (Å²) in [7, 11) is 1.61. The van der Waals surface area contributed by atoms with Gasteiger partial charge in [-0.1, -0.05) is 13.0 Å². The number of aromatic nitrogens is 2. The van der Waals surface area contributed by atoms with Crippen LogP contribution in [0.2, 0.25) is 0 Å². The number of H-pyrrole nitrogens is 1. The lowest BCUT2D eigenvalue weighted by atomic mass is 9.89. The third kappa shape index (κ3) is 4.14. The average Bonchev–Trinajstić information content (AvgIpc) is 3.46. The molecule has 2 aliphatic rings. The summed E-state index contributed by atoms with van der Waals surface area (Å²) in [6, 6.07) is 9.57. The van der Waals surface area contributed by atoms with Gasteiger partial charge in [0.25, 0.3) is 5.56 Å². The highest BCUT2D eigenvalue weighted by Crippen LogP contribution is 2.40. The Morgan fingerprint density at radius 2 is 2.09 bits per heavy atom. The molecule has 2 aromatic carbocycles. The van der Waals surface area contributed by atoms with Crippen molar-refractivity contribution in [1.29, 1.82) is 0 Å². The third-order valence-electron chi connectivity index (χ3n) is 6.49. The van der Waals surface area contributed by atoms with Gasteiger partial charge in [-0.25, -0.2) is 4.98 Å². The van der Waals surface area contributed by atoms with Gasteiger partial charge in [0.15, 0.2) is 23.0 Å². The van der Waals surface area contributed by atoms with Crippen molar-refractivity contribution in [1.82, 2.24) is 9.97 Å². The number of aromatic amines is 1. The largest absolute Gasteiger partial charge is 0.493 e. The molecule has 2 aromatic heterocycles. The molecule has 1 unspecified atom stereocenters. The average molecular weight is 602 g/mol. The number of benzene rings is 2. The van der Waals surface area contributed by atoms with Crippen LogP contribution in [0.1, 0.15) is 29.3 Å². The molecule has 0 fully saturated rings. The maximum Gasteiger partial charge on any atom is 0.260 e. The van der Waals surface area contributed by atoms with Crippen molar-refractivity contribution in [2.75, 3.05) is 13.9 Å². The number of halogens is 1. The standard InChI is InChI=1S/C26H23IN2O5S/c1-13-3-5-16-21(7-13)35-26-22(16)25(30)28-24(29-26)15-9-17(27)23(20(10-15)31-2)32-11-14-4-6-18-19(8-14)34-12-33-18/h4,6,8-10,13H,3,5,7,11-12H2,1-2H3,(H,28,29,30). The van der Waals surface area contributed by atoms with Crippen molar-refractivity contribution in [3.8, 4) is 34.4 Å². The minimum Gasteiger partial charge on any atom is -0.493 e. The highest BCUT2D eigenvalue weighted by atomic mass is 127. The Morgan fingerprint density at radius 3 is 2.94 bits per heavy atom.